The Morgan fingerprint density at radius 3 is 2.23 bits per heavy atom. The van der Waals surface area contributed by atoms with Crippen LogP contribution in [-0.2, 0) is 24.4 Å². The Morgan fingerprint density at radius 2 is 1.73 bits per heavy atom. The van der Waals surface area contributed by atoms with E-state index in [9.17, 15) is 26.5 Å². The average molecular weight is 397 g/mol. The van der Waals surface area contributed by atoms with E-state index in [1.54, 1.807) is 0 Å². The van der Waals surface area contributed by atoms with E-state index in [4.69, 9.17) is 9.47 Å². The second-order valence-corrected chi connectivity index (χ2v) is 8.20. The molecule has 1 rings (SSSR count). The summed E-state index contributed by atoms with van der Waals surface area (Å²) in [6.07, 6.45) is 6.28. The topological polar surface area (TPSA) is 92.7 Å². The normalized spacial score (nSPS) is 18.6. The van der Waals surface area contributed by atoms with E-state index >= 15 is 0 Å². The van der Waals surface area contributed by atoms with E-state index in [0.29, 0.717) is 6.42 Å². The second kappa shape index (κ2) is 9.75. The molecule has 0 N–H and O–H groups in total. The molecule has 0 radical (unpaired) electrons. The zero-order valence-electron chi connectivity index (χ0n) is 15.1. The van der Waals surface area contributed by atoms with Crippen molar-refractivity contribution in [3.05, 3.63) is 12.2 Å². The first-order valence-corrected chi connectivity index (χ1v) is 10.3. The molecule has 0 saturated heterocycles. The summed E-state index contributed by atoms with van der Waals surface area (Å²) in [6.45, 7) is 4.44. The van der Waals surface area contributed by atoms with Gasteiger partial charge in [-0.1, -0.05) is 32.8 Å². The van der Waals surface area contributed by atoms with Gasteiger partial charge in [-0.05, 0) is 32.1 Å². The standard InChI is InChI=1S/C17H28F2O6S/c1-3-16(9-7-5-4-6-8-10-16)25-15(20)14(2)13-24-12-11-17(18,19)26(21,22)23/h2-13H2,1H3,(H,21,22,23)/p-1. The Kier molecular flexibility index (Phi) is 8.62. The maximum absolute atomic E-state index is 13.0. The van der Waals surface area contributed by atoms with Crippen molar-refractivity contribution in [2.24, 2.45) is 0 Å². The molecule has 1 aliphatic carbocycles. The maximum Gasteiger partial charge on any atom is 0.336 e. The van der Waals surface area contributed by atoms with Crippen LogP contribution in [0.25, 0.3) is 0 Å². The second-order valence-electron chi connectivity index (χ2n) is 6.69. The van der Waals surface area contributed by atoms with E-state index in [1.807, 2.05) is 6.92 Å². The van der Waals surface area contributed by atoms with Crippen LogP contribution in [-0.4, -0.2) is 43.0 Å². The van der Waals surface area contributed by atoms with Gasteiger partial charge in [-0.3, -0.25) is 0 Å². The highest BCUT2D eigenvalue weighted by Crippen LogP contribution is 2.33. The monoisotopic (exact) mass is 397 g/mol. The first-order chi connectivity index (χ1) is 12.0. The van der Waals surface area contributed by atoms with Gasteiger partial charge in [-0.15, -0.1) is 0 Å². The molecule has 0 amide bonds. The summed E-state index contributed by atoms with van der Waals surface area (Å²) in [7, 11) is -5.73. The number of esters is 1. The lowest BCUT2D eigenvalue weighted by atomic mass is 9.85. The Morgan fingerprint density at radius 1 is 1.19 bits per heavy atom. The van der Waals surface area contributed by atoms with Gasteiger partial charge in [-0.2, -0.15) is 8.78 Å². The molecule has 1 saturated carbocycles. The lowest BCUT2D eigenvalue weighted by Gasteiger charge is -2.34. The predicted molar refractivity (Wildman–Crippen MR) is 90.7 cm³/mol. The first kappa shape index (κ1) is 23.0. The summed E-state index contributed by atoms with van der Waals surface area (Å²) in [4.78, 5) is 12.2. The molecule has 0 atom stereocenters. The molecule has 0 aromatic carbocycles. The number of halogens is 2. The fourth-order valence-corrected chi connectivity index (χ4v) is 3.25. The largest absolute Gasteiger partial charge is 0.743 e. The molecular formula is C17H27F2O6S-. The number of hydrogen-bond donors (Lipinski definition) is 0. The molecule has 26 heavy (non-hydrogen) atoms. The molecule has 1 fully saturated rings. The molecule has 6 nitrogen and oxygen atoms in total. The fraction of sp³-hybridized carbons (Fsp3) is 0.824. The zero-order chi connectivity index (χ0) is 19.8. The van der Waals surface area contributed by atoms with Gasteiger partial charge in [0, 0.05) is 6.42 Å². The summed E-state index contributed by atoms with van der Waals surface area (Å²) in [5.41, 5.74) is -0.572. The Balaban J connectivity index is 2.47. The molecule has 9 heteroatoms. The summed E-state index contributed by atoms with van der Waals surface area (Å²) < 4.78 is 67.7. The quantitative estimate of drug-likeness (QED) is 0.256. The van der Waals surface area contributed by atoms with Crippen LogP contribution < -0.4 is 0 Å². The minimum Gasteiger partial charge on any atom is -0.743 e. The van der Waals surface area contributed by atoms with Crippen molar-refractivity contribution in [1.82, 2.24) is 0 Å². The van der Waals surface area contributed by atoms with Crippen LogP contribution in [0.1, 0.15) is 64.7 Å². The fourth-order valence-electron chi connectivity index (χ4n) is 2.92. The molecule has 0 heterocycles. The van der Waals surface area contributed by atoms with Gasteiger partial charge in [0.1, 0.15) is 5.60 Å². The Labute approximate surface area is 153 Å². The van der Waals surface area contributed by atoms with Crippen molar-refractivity contribution >= 4 is 16.1 Å². The number of carbonyl (C=O) groups excluding carboxylic acids is 1. The third kappa shape index (κ3) is 6.92. The smallest absolute Gasteiger partial charge is 0.336 e. The van der Waals surface area contributed by atoms with Gasteiger partial charge in [0.25, 0.3) is 0 Å². The highest BCUT2D eigenvalue weighted by molar-refractivity contribution is 7.86. The maximum atomic E-state index is 13.0. The molecule has 0 aromatic rings. The van der Waals surface area contributed by atoms with Gasteiger partial charge < -0.3 is 14.0 Å². The number of carbonyl (C=O) groups is 1. The van der Waals surface area contributed by atoms with E-state index < -0.39 is 40.0 Å². The van der Waals surface area contributed by atoms with Crippen LogP contribution in [0.2, 0.25) is 0 Å². The molecule has 0 spiro atoms. The van der Waals surface area contributed by atoms with Crippen molar-refractivity contribution < 1.29 is 36.0 Å². The summed E-state index contributed by atoms with van der Waals surface area (Å²) in [6, 6.07) is 0. The number of hydrogen-bond acceptors (Lipinski definition) is 6. The van der Waals surface area contributed by atoms with Crippen LogP contribution >= 0.6 is 0 Å². The van der Waals surface area contributed by atoms with Crippen molar-refractivity contribution in [3.8, 4) is 0 Å². The molecule has 1 aliphatic rings. The Hall–Kier alpha value is -1.06. The average Bonchev–Trinajstić information content (AvgIpc) is 2.53. The third-order valence-electron chi connectivity index (χ3n) is 4.69. The van der Waals surface area contributed by atoms with Crippen molar-refractivity contribution in [2.75, 3.05) is 13.2 Å². The van der Waals surface area contributed by atoms with Crippen LogP contribution in [0.3, 0.4) is 0 Å². The third-order valence-corrected chi connectivity index (χ3v) is 5.62. The predicted octanol–water partition coefficient (Wildman–Crippen LogP) is 3.52. The van der Waals surface area contributed by atoms with Gasteiger partial charge in [0.15, 0.2) is 10.1 Å². The van der Waals surface area contributed by atoms with Crippen molar-refractivity contribution in [2.45, 2.75) is 75.6 Å². The highest BCUT2D eigenvalue weighted by atomic mass is 32.2. The lowest BCUT2D eigenvalue weighted by molar-refractivity contribution is -0.158. The summed E-state index contributed by atoms with van der Waals surface area (Å²) >= 11 is 0. The van der Waals surface area contributed by atoms with Gasteiger partial charge in [0.2, 0.25) is 0 Å². The number of ether oxygens (including phenoxy) is 2. The van der Waals surface area contributed by atoms with Gasteiger partial charge in [0.05, 0.1) is 18.8 Å². The minimum absolute atomic E-state index is 0.0341. The molecule has 0 aromatic heterocycles. The van der Waals surface area contributed by atoms with Gasteiger partial charge in [-0.25, -0.2) is 13.2 Å². The summed E-state index contributed by atoms with van der Waals surface area (Å²) in [5, 5.41) is -4.40. The zero-order valence-corrected chi connectivity index (χ0v) is 15.9. The molecule has 0 aliphatic heterocycles. The molecule has 0 bridgehead atoms. The highest BCUT2D eigenvalue weighted by Gasteiger charge is 2.37. The first-order valence-electron chi connectivity index (χ1n) is 8.85. The summed E-state index contributed by atoms with van der Waals surface area (Å²) in [5.74, 6) is -0.643. The van der Waals surface area contributed by atoms with E-state index in [1.165, 1.54) is 6.42 Å². The van der Waals surface area contributed by atoms with E-state index in [0.717, 1.165) is 38.5 Å². The minimum atomic E-state index is -5.73. The molecule has 0 unspecified atom stereocenters. The van der Waals surface area contributed by atoms with Crippen molar-refractivity contribution in [1.29, 1.82) is 0 Å². The Bertz CT molecular complexity index is 580. The van der Waals surface area contributed by atoms with Gasteiger partial charge >= 0.3 is 11.2 Å². The molecule has 152 valence electrons. The number of alkyl halides is 2. The van der Waals surface area contributed by atoms with Crippen LogP contribution in [0.4, 0.5) is 8.78 Å². The van der Waals surface area contributed by atoms with Crippen LogP contribution in [0.15, 0.2) is 12.2 Å². The van der Waals surface area contributed by atoms with Crippen molar-refractivity contribution in [3.63, 3.8) is 0 Å². The molecular weight excluding hydrogens is 370 g/mol. The van der Waals surface area contributed by atoms with Crippen LogP contribution in [0, 0.1) is 0 Å². The van der Waals surface area contributed by atoms with Crippen LogP contribution in [0.5, 0.6) is 0 Å². The number of rotatable bonds is 9. The van der Waals surface area contributed by atoms with E-state index in [-0.39, 0.29) is 12.2 Å². The van der Waals surface area contributed by atoms with E-state index in [2.05, 4.69) is 6.58 Å². The lowest BCUT2D eigenvalue weighted by Crippen LogP contribution is -2.36. The SMILES string of the molecule is C=C(COCCC(F)(F)S(=O)(=O)[O-])C(=O)OC1(CC)CCCCCCC1.